The van der Waals surface area contributed by atoms with Crippen LogP contribution in [0.2, 0.25) is 0 Å². The lowest BCUT2D eigenvalue weighted by atomic mass is 9.87. The minimum Gasteiger partial charge on any atom is -0.322 e. The maximum Gasteiger partial charge on any atom is 0.435 e. The molecule has 0 aliphatic rings. The minimum atomic E-state index is -6.16. The summed E-state index contributed by atoms with van der Waals surface area (Å²) in [6, 6.07) is 16.8. The van der Waals surface area contributed by atoms with Crippen molar-refractivity contribution in [3.8, 4) is 0 Å². The van der Waals surface area contributed by atoms with Gasteiger partial charge in [-0.1, -0.05) is 42.5 Å². The molecule has 0 bridgehead atoms. The Kier molecular flexibility index (Phi) is 7.29. The zero-order valence-electron chi connectivity index (χ0n) is 18.8. The van der Waals surface area contributed by atoms with E-state index >= 15 is 0 Å². The van der Waals surface area contributed by atoms with Crippen molar-refractivity contribution in [2.24, 2.45) is 0 Å². The number of rotatable bonds is 6. The van der Waals surface area contributed by atoms with Crippen molar-refractivity contribution in [1.29, 1.82) is 0 Å². The van der Waals surface area contributed by atoms with Crippen LogP contribution < -0.4 is 5.32 Å². The van der Waals surface area contributed by atoms with Crippen molar-refractivity contribution in [3.63, 3.8) is 0 Å². The molecule has 0 aromatic heterocycles. The number of nitrogens with one attached hydrogen (secondary N) is 1. The summed E-state index contributed by atoms with van der Waals surface area (Å²) < 4.78 is 93.3. The molecular formula is C26H22F7NO. The zero-order chi connectivity index (χ0) is 26.0. The Bertz CT molecular complexity index is 1160. The summed E-state index contributed by atoms with van der Waals surface area (Å²) >= 11 is 0. The van der Waals surface area contributed by atoms with Gasteiger partial charge in [-0.05, 0) is 73.2 Å². The molecule has 0 saturated heterocycles. The molecular weight excluding hydrogens is 475 g/mol. The minimum absolute atomic E-state index is 0.129. The Hall–Kier alpha value is -3.36. The highest BCUT2D eigenvalue weighted by Crippen LogP contribution is 2.53. The molecule has 1 N–H and O–H groups in total. The third-order valence-corrected chi connectivity index (χ3v) is 5.76. The monoisotopic (exact) mass is 497 g/mol. The molecule has 0 atom stereocenters. The van der Waals surface area contributed by atoms with Crippen LogP contribution in [-0.2, 0) is 18.5 Å². The summed E-state index contributed by atoms with van der Waals surface area (Å²) in [7, 11) is 0. The third-order valence-electron chi connectivity index (χ3n) is 5.76. The van der Waals surface area contributed by atoms with Gasteiger partial charge >= 0.3 is 18.0 Å². The Morgan fingerprint density at radius 2 is 1.31 bits per heavy atom. The first-order valence-electron chi connectivity index (χ1n) is 10.6. The van der Waals surface area contributed by atoms with E-state index < -0.39 is 23.6 Å². The highest BCUT2D eigenvalue weighted by molar-refractivity contribution is 6.04. The predicted octanol–water partition coefficient (Wildman–Crippen LogP) is 7.63. The van der Waals surface area contributed by atoms with E-state index in [0.29, 0.717) is 41.8 Å². The Balaban J connectivity index is 1.80. The van der Waals surface area contributed by atoms with Crippen LogP contribution >= 0.6 is 0 Å². The largest absolute Gasteiger partial charge is 0.435 e. The lowest BCUT2D eigenvalue weighted by Gasteiger charge is -2.31. The molecule has 0 aliphatic heterocycles. The second-order valence-electron chi connectivity index (χ2n) is 8.26. The summed E-state index contributed by atoms with van der Waals surface area (Å²) in [4.78, 5) is 12.3. The number of hydrogen-bond donors (Lipinski definition) is 1. The number of aryl methyl sites for hydroxylation is 3. The maximum absolute atomic E-state index is 14.5. The van der Waals surface area contributed by atoms with Gasteiger partial charge in [-0.15, -0.1) is 0 Å². The fourth-order valence-corrected chi connectivity index (χ4v) is 3.94. The van der Waals surface area contributed by atoms with E-state index in [1.54, 1.807) is 54.6 Å². The van der Waals surface area contributed by atoms with Crippen molar-refractivity contribution in [2.45, 2.75) is 44.7 Å². The van der Waals surface area contributed by atoms with E-state index in [4.69, 9.17) is 0 Å². The molecule has 9 heteroatoms. The number of halogens is 7. The van der Waals surface area contributed by atoms with E-state index in [1.807, 2.05) is 0 Å². The smallest absolute Gasteiger partial charge is 0.322 e. The molecule has 0 radical (unpaired) electrons. The lowest BCUT2D eigenvalue weighted by molar-refractivity contribution is -0.348. The molecule has 0 fully saturated rings. The standard InChI is InChI=1S/C26H22F7NO/c1-16-13-20(24(27,25(28,29)30)26(31,32)33)14-17(2)22(16)12-11-18-7-6-10-21(15-18)34-23(35)19-8-4-3-5-9-19/h3-10,13-15H,11-12H2,1-2H3,(H,34,35). The Morgan fingerprint density at radius 1 is 0.743 bits per heavy atom. The van der Waals surface area contributed by atoms with Crippen LogP contribution in [-0.4, -0.2) is 18.3 Å². The van der Waals surface area contributed by atoms with Crippen LogP contribution in [0.1, 0.15) is 38.2 Å². The van der Waals surface area contributed by atoms with Gasteiger partial charge in [-0.3, -0.25) is 4.79 Å². The molecule has 0 heterocycles. The second-order valence-corrected chi connectivity index (χ2v) is 8.26. The number of carbonyl (C=O) groups is 1. The SMILES string of the molecule is Cc1cc(C(F)(C(F)(F)F)C(F)(F)F)cc(C)c1CCc1cccc(NC(=O)c2ccccc2)c1. The van der Waals surface area contributed by atoms with Gasteiger partial charge < -0.3 is 5.32 Å². The lowest BCUT2D eigenvalue weighted by Crippen LogP contribution is -2.50. The quantitative estimate of drug-likeness (QED) is 0.349. The molecule has 186 valence electrons. The molecule has 2 nitrogen and oxygen atoms in total. The first kappa shape index (κ1) is 26.2. The predicted molar refractivity (Wildman–Crippen MR) is 119 cm³/mol. The van der Waals surface area contributed by atoms with Crippen LogP contribution in [0.5, 0.6) is 0 Å². The van der Waals surface area contributed by atoms with Gasteiger partial charge in [-0.25, -0.2) is 4.39 Å². The summed E-state index contributed by atoms with van der Waals surface area (Å²) in [5.41, 5.74) is -4.35. The zero-order valence-corrected chi connectivity index (χ0v) is 18.8. The number of benzene rings is 3. The highest BCUT2D eigenvalue weighted by Gasteiger charge is 2.73. The number of alkyl halides is 7. The summed E-state index contributed by atoms with van der Waals surface area (Å²) in [5.74, 6) is -0.297. The van der Waals surface area contributed by atoms with Crippen LogP contribution in [0.3, 0.4) is 0 Å². The molecule has 35 heavy (non-hydrogen) atoms. The van der Waals surface area contributed by atoms with E-state index in [0.717, 1.165) is 5.56 Å². The molecule has 0 saturated carbocycles. The van der Waals surface area contributed by atoms with Crippen LogP contribution in [0, 0.1) is 13.8 Å². The van der Waals surface area contributed by atoms with Crippen molar-refractivity contribution in [2.75, 3.05) is 5.32 Å². The van der Waals surface area contributed by atoms with Gasteiger partial charge in [0, 0.05) is 16.8 Å². The average Bonchev–Trinajstić information content (AvgIpc) is 2.77. The fourth-order valence-electron chi connectivity index (χ4n) is 3.94. The Morgan fingerprint density at radius 3 is 1.86 bits per heavy atom. The molecule has 3 aromatic carbocycles. The topological polar surface area (TPSA) is 29.1 Å². The van der Waals surface area contributed by atoms with Crippen molar-refractivity contribution < 1.29 is 35.5 Å². The highest BCUT2D eigenvalue weighted by atomic mass is 19.4. The average molecular weight is 497 g/mol. The third kappa shape index (κ3) is 5.49. The van der Waals surface area contributed by atoms with Crippen LogP contribution in [0.25, 0.3) is 0 Å². The summed E-state index contributed by atoms with van der Waals surface area (Å²) in [5, 5.41) is 2.78. The molecule has 3 aromatic rings. The molecule has 0 aliphatic carbocycles. The van der Waals surface area contributed by atoms with Crippen molar-refractivity contribution in [1.82, 2.24) is 0 Å². The van der Waals surface area contributed by atoms with Gasteiger partial charge in [0.1, 0.15) is 0 Å². The Labute approximate surface area is 197 Å². The fraction of sp³-hybridized carbons (Fsp3) is 0.269. The summed E-state index contributed by atoms with van der Waals surface area (Å²) in [6.07, 6.45) is -11.6. The number of hydrogen-bond acceptors (Lipinski definition) is 1. The maximum atomic E-state index is 14.5. The second kappa shape index (κ2) is 9.71. The first-order valence-corrected chi connectivity index (χ1v) is 10.6. The molecule has 0 unspecified atom stereocenters. The van der Waals surface area contributed by atoms with Crippen molar-refractivity contribution in [3.05, 3.63) is 100 Å². The number of carbonyl (C=O) groups excluding carboxylic acids is 1. The summed E-state index contributed by atoms with van der Waals surface area (Å²) in [6.45, 7) is 2.71. The molecule has 0 spiro atoms. The van der Waals surface area contributed by atoms with Gasteiger partial charge in [-0.2, -0.15) is 26.3 Å². The number of anilines is 1. The van der Waals surface area contributed by atoms with Gasteiger partial charge in [0.2, 0.25) is 0 Å². The molecule has 1 amide bonds. The van der Waals surface area contributed by atoms with Crippen LogP contribution in [0.15, 0.2) is 66.7 Å². The van der Waals surface area contributed by atoms with Gasteiger partial charge in [0.15, 0.2) is 0 Å². The molecule has 3 rings (SSSR count). The van der Waals surface area contributed by atoms with Gasteiger partial charge in [0.05, 0.1) is 0 Å². The van der Waals surface area contributed by atoms with E-state index in [-0.39, 0.29) is 17.0 Å². The van der Waals surface area contributed by atoms with Crippen molar-refractivity contribution >= 4 is 11.6 Å². The van der Waals surface area contributed by atoms with E-state index in [9.17, 15) is 35.5 Å². The normalized spacial score (nSPS) is 12.5. The van der Waals surface area contributed by atoms with E-state index in [2.05, 4.69) is 5.32 Å². The van der Waals surface area contributed by atoms with E-state index in [1.165, 1.54) is 13.8 Å². The first-order chi connectivity index (χ1) is 16.2. The number of amides is 1. The van der Waals surface area contributed by atoms with Gasteiger partial charge in [0.25, 0.3) is 5.91 Å². The van der Waals surface area contributed by atoms with Crippen LogP contribution in [0.4, 0.5) is 36.4 Å².